The summed E-state index contributed by atoms with van der Waals surface area (Å²) in [5.41, 5.74) is 6.09. The molecule has 1 aromatic rings. The molecule has 0 saturated carbocycles. The second kappa shape index (κ2) is 8.36. The van der Waals surface area contributed by atoms with Crippen molar-refractivity contribution in [2.45, 2.75) is 26.8 Å². The van der Waals surface area contributed by atoms with Gasteiger partial charge in [0.05, 0.1) is 28.2 Å². The van der Waals surface area contributed by atoms with Crippen LogP contribution in [0.2, 0.25) is 10.0 Å². The highest BCUT2D eigenvalue weighted by Gasteiger charge is 2.24. The Morgan fingerprint density at radius 1 is 1.27 bits per heavy atom. The summed E-state index contributed by atoms with van der Waals surface area (Å²) in [6.45, 7) is 5.66. The Kier molecular flexibility index (Phi) is 7.13. The average Bonchev–Trinajstić information content (AvgIpc) is 2.47. The summed E-state index contributed by atoms with van der Waals surface area (Å²) in [6, 6.07) is 4.67. The molecule has 22 heavy (non-hydrogen) atoms. The van der Waals surface area contributed by atoms with E-state index >= 15 is 0 Å². The summed E-state index contributed by atoms with van der Waals surface area (Å²) in [7, 11) is 0. The van der Waals surface area contributed by atoms with Gasteiger partial charge in [-0.1, -0.05) is 36.2 Å². The summed E-state index contributed by atoms with van der Waals surface area (Å²) in [4.78, 5) is 25.8. The Morgan fingerprint density at radius 2 is 1.82 bits per heavy atom. The number of nitrogens with one attached hydrogen (secondary N) is 1. The van der Waals surface area contributed by atoms with Gasteiger partial charge in [0.15, 0.2) is 0 Å². The van der Waals surface area contributed by atoms with Gasteiger partial charge in [-0.3, -0.25) is 9.59 Å². The number of benzene rings is 1. The molecule has 0 fully saturated rings. The van der Waals surface area contributed by atoms with Crippen molar-refractivity contribution in [2.24, 2.45) is 11.7 Å². The van der Waals surface area contributed by atoms with Crippen molar-refractivity contribution in [1.82, 2.24) is 4.90 Å². The number of likely N-dealkylation sites (N-methyl/N-ethyl adjacent to an activating group) is 1. The molecule has 2 amide bonds. The van der Waals surface area contributed by atoms with Crippen LogP contribution in [-0.2, 0) is 9.59 Å². The molecule has 122 valence electrons. The monoisotopic (exact) mass is 345 g/mol. The van der Waals surface area contributed by atoms with Crippen LogP contribution in [0.5, 0.6) is 0 Å². The van der Waals surface area contributed by atoms with Gasteiger partial charge in [-0.05, 0) is 26.0 Å². The molecule has 7 heteroatoms. The van der Waals surface area contributed by atoms with Gasteiger partial charge in [0.1, 0.15) is 0 Å². The Labute approximate surface area is 140 Å². The third-order valence-electron chi connectivity index (χ3n) is 3.43. The molecule has 0 spiro atoms. The molecule has 0 bridgehead atoms. The second-order valence-electron chi connectivity index (χ2n) is 5.15. The molecule has 0 heterocycles. The van der Waals surface area contributed by atoms with Crippen LogP contribution >= 0.6 is 23.2 Å². The molecule has 0 saturated heterocycles. The standard InChI is InChI=1S/C15H21Cl2N3O2/c1-4-20(15(22)9(2)10(3)18)8-13(21)19-14-11(16)6-5-7-12(14)17/h5-7,9-10H,4,8,18H2,1-3H3,(H,19,21). The number of hydrogen-bond donors (Lipinski definition) is 2. The van der Waals surface area contributed by atoms with Crippen LogP contribution in [-0.4, -0.2) is 35.8 Å². The van der Waals surface area contributed by atoms with Crippen LogP contribution in [0.25, 0.3) is 0 Å². The van der Waals surface area contributed by atoms with Crippen molar-refractivity contribution in [3.63, 3.8) is 0 Å². The summed E-state index contributed by atoms with van der Waals surface area (Å²) >= 11 is 12.0. The Balaban J connectivity index is 2.76. The molecule has 0 aromatic heterocycles. The molecule has 2 atom stereocenters. The molecule has 3 N–H and O–H groups in total. The molecular formula is C15H21Cl2N3O2. The molecule has 1 rings (SSSR count). The van der Waals surface area contributed by atoms with E-state index in [1.165, 1.54) is 4.90 Å². The molecular weight excluding hydrogens is 325 g/mol. The third-order valence-corrected chi connectivity index (χ3v) is 4.06. The minimum absolute atomic E-state index is 0.0755. The lowest BCUT2D eigenvalue weighted by atomic mass is 10.0. The number of hydrogen-bond acceptors (Lipinski definition) is 3. The van der Waals surface area contributed by atoms with Gasteiger partial charge in [-0.15, -0.1) is 0 Å². The number of para-hydroxylation sites is 1. The zero-order chi connectivity index (χ0) is 16.9. The van der Waals surface area contributed by atoms with Crippen molar-refractivity contribution >= 4 is 40.7 Å². The van der Waals surface area contributed by atoms with Gasteiger partial charge in [0.25, 0.3) is 0 Å². The van der Waals surface area contributed by atoms with Gasteiger partial charge in [-0.25, -0.2) is 0 Å². The molecule has 0 radical (unpaired) electrons. The van der Waals surface area contributed by atoms with Gasteiger partial charge in [0.2, 0.25) is 11.8 Å². The first kappa shape index (κ1) is 18.7. The zero-order valence-electron chi connectivity index (χ0n) is 12.9. The molecule has 0 aliphatic carbocycles. The Bertz CT molecular complexity index is 529. The maximum absolute atomic E-state index is 12.3. The van der Waals surface area contributed by atoms with E-state index in [4.69, 9.17) is 28.9 Å². The van der Waals surface area contributed by atoms with E-state index in [2.05, 4.69) is 5.32 Å². The highest BCUT2D eigenvalue weighted by Crippen LogP contribution is 2.29. The SMILES string of the molecule is CCN(CC(=O)Nc1c(Cl)cccc1Cl)C(=O)C(C)C(C)N. The minimum atomic E-state index is -0.359. The molecule has 1 aromatic carbocycles. The number of anilines is 1. The molecule has 2 unspecified atom stereocenters. The summed E-state index contributed by atoms with van der Waals surface area (Å²) in [5.74, 6) is -0.864. The van der Waals surface area contributed by atoms with E-state index < -0.39 is 0 Å². The van der Waals surface area contributed by atoms with Crippen molar-refractivity contribution in [3.8, 4) is 0 Å². The minimum Gasteiger partial charge on any atom is -0.333 e. The summed E-state index contributed by atoms with van der Waals surface area (Å²) in [5, 5.41) is 3.33. The largest absolute Gasteiger partial charge is 0.333 e. The van der Waals surface area contributed by atoms with Crippen LogP contribution in [0.4, 0.5) is 5.69 Å². The van der Waals surface area contributed by atoms with Crippen LogP contribution in [0.3, 0.4) is 0 Å². The first-order chi connectivity index (χ1) is 10.3. The van der Waals surface area contributed by atoms with Crippen LogP contribution in [0, 0.1) is 5.92 Å². The lowest BCUT2D eigenvalue weighted by Gasteiger charge is -2.25. The van der Waals surface area contributed by atoms with Crippen LogP contribution < -0.4 is 11.1 Å². The van der Waals surface area contributed by atoms with Gasteiger partial charge < -0.3 is 16.0 Å². The second-order valence-corrected chi connectivity index (χ2v) is 5.96. The van der Waals surface area contributed by atoms with Crippen molar-refractivity contribution in [2.75, 3.05) is 18.4 Å². The van der Waals surface area contributed by atoms with E-state index in [-0.39, 0.29) is 30.3 Å². The number of carbonyl (C=O) groups excluding carboxylic acids is 2. The fraction of sp³-hybridized carbons (Fsp3) is 0.467. The number of halogens is 2. The van der Waals surface area contributed by atoms with Crippen LogP contribution in [0.1, 0.15) is 20.8 Å². The number of rotatable bonds is 6. The summed E-state index contributed by atoms with van der Waals surface area (Å²) < 4.78 is 0. The van der Waals surface area contributed by atoms with E-state index in [0.717, 1.165) is 0 Å². The topological polar surface area (TPSA) is 75.4 Å². The smallest absolute Gasteiger partial charge is 0.244 e. The Morgan fingerprint density at radius 3 is 2.27 bits per heavy atom. The normalized spacial score (nSPS) is 13.4. The first-order valence-corrected chi connectivity index (χ1v) is 7.81. The maximum atomic E-state index is 12.3. The quantitative estimate of drug-likeness (QED) is 0.832. The lowest BCUT2D eigenvalue weighted by Crippen LogP contribution is -2.44. The van der Waals surface area contributed by atoms with Crippen molar-refractivity contribution in [3.05, 3.63) is 28.2 Å². The number of carbonyl (C=O) groups is 2. The van der Waals surface area contributed by atoms with Gasteiger partial charge in [0, 0.05) is 12.6 Å². The lowest BCUT2D eigenvalue weighted by molar-refractivity contribution is -0.138. The highest BCUT2D eigenvalue weighted by molar-refractivity contribution is 6.39. The van der Waals surface area contributed by atoms with Crippen molar-refractivity contribution in [1.29, 1.82) is 0 Å². The summed E-state index contributed by atoms with van der Waals surface area (Å²) in [6.07, 6.45) is 0. The third kappa shape index (κ3) is 4.87. The average molecular weight is 346 g/mol. The fourth-order valence-corrected chi connectivity index (χ4v) is 2.32. The van der Waals surface area contributed by atoms with Gasteiger partial charge in [-0.2, -0.15) is 0 Å². The van der Waals surface area contributed by atoms with E-state index in [0.29, 0.717) is 22.3 Å². The van der Waals surface area contributed by atoms with Crippen molar-refractivity contribution < 1.29 is 9.59 Å². The van der Waals surface area contributed by atoms with E-state index in [1.807, 2.05) is 6.92 Å². The molecule has 0 aliphatic heterocycles. The van der Waals surface area contributed by atoms with E-state index in [9.17, 15) is 9.59 Å². The predicted molar refractivity (Wildman–Crippen MR) is 90.2 cm³/mol. The number of nitrogens with zero attached hydrogens (tertiary/aromatic N) is 1. The molecule has 0 aliphatic rings. The maximum Gasteiger partial charge on any atom is 0.244 e. The number of nitrogens with two attached hydrogens (primary N) is 1. The molecule has 5 nitrogen and oxygen atoms in total. The predicted octanol–water partition coefficient (Wildman–Crippen LogP) is 2.76. The zero-order valence-corrected chi connectivity index (χ0v) is 14.4. The van der Waals surface area contributed by atoms with Crippen LogP contribution in [0.15, 0.2) is 18.2 Å². The number of amides is 2. The first-order valence-electron chi connectivity index (χ1n) is 7.06. The fourth-order valence-electron chi connectivity index (χ4n) is 1.83. The highest BCUT2D eigenvalue weighted by atomic mass is 35.5. The Hall–Kier alpha value is -1.30. The van der Waals surface area contributed by atoms with E-state index in [1.54, 1.807) is 32.0 Å². The van der Waals surface area contributed by atoms with Gasteiger partial charge >= 0.3 is 0 Å².